The van der Waals surface area contributed by atoms with Crippen LogP contribution in [0.25, 0.3) is 0 Å². The Kier molecular flexibility index (Phi) is 6.84. The lowest BCUT2D eigenvalue weighted by atomic mass is 9.76. The zero-order valence-electron chi connectivity index (χ0n) is 20.6. The Labute approximate surface area is 195 Å². The van der Waals surface area contributed by atoms with Crippen LogP contribution >= 0.6 is 0 Å². The molecule has 1 nitrogen and oxygen atoms in total. The van der Waals surface area contributed by atoms with Gasteiger partial charge in [0.05, 0.1) is 0 Å². The summed E-state index contributed by atoms with van der Waals surface area (Å²) in [6, 6.07) is 20.8. The van der Waals surface area contributed by atoms with Crippen LogP contribution in [0.4, 0.5) is 0 Å². The molecule has 0 bridgehead atoms. The molecule has 2 unspecified atom stereocenters. The van der Waals surface area contributed by atoms with Gasteiger partial charge in [-0.15, -0.1) is 0 Å². The average Bonchev–Trinajstić information content (AvgIpc) is 2.79. The fourth-order valence-electron chi connectivity index (χ4n) is 5.43. The molecule has 0 fully saturated rings. The molecule has 0 saturated heterocycles. The Balaban J connectivity index is 1.43. The van der Waals surface area contributed by atoms with Crippen LogP contribution < -0.4 is 0 Å². The van der Waals surface area contributed by atoms with Gasteiger partial charge in [0, 0.05) is 12.4 Å². The maximum Gasteiger partial charge on any atom is 0.0305 e. The van der Waals surface area contributed by atoms with E-state index in [4.69, 9.17) is 0 Å². The van der Waals surface area contributed by atoms with Crippen LogP contribution in [0.1, 0.15) is 92.7 Å². The van der Waals surface area contributed by atoms with E-state index in [2.05, 4.69) is 88.1 Å². The second-order valence-electron chi connectivity index (χ2n) is 11.0. The van der Waals surface area contributed by atoms with Gasteiger partial charge >= 0.3 is 0 Å². The standard InChI is InChI=1S/C31H39N/c1-22(2)27-14-13-26-12-11-24(17-29(26)19-27)16-23(3)28-9-6-8-25(18-28)20-31(4,5)30-10-7-15-32-21-30/h6-10,13-15,18-19,21-24H,11-12,16-17,20H2,1-5H3. The van der Waals surface area contributed by atoms with Crippen LogP contribution in [0.3, 0.4) is 0 Å². The number of aromatic nitrogens is 1. The van der Waals surface area contributed by atoms with Gasteiger partial charge in [0.1, 0.15) is 0 Å². The SMILES string of the molecule is CC(C)c1ccc2c(c1)CC(CC(C)c1cccc(CC(C)(C)c3cccnc3)c1)CC2. The summed E-state index contributed by atoms with van der Waals surface area (Å²) in [4.78, 5) is 4.33. The zero-order chi connectivity index (χ0) is 22.7. The van der Waals surface area contributed by atoms with Gasteiger partial charge in [-0.05, 0) is 94.7 Å². The largest absolute Gasteiger partial charge is 0.264 e. The Bertz CT molecular complexity index is 1030. The van der Waals surface area contributed by atoms with Crippen molar-refractivity contribution in [3.8, 4) is 0 Å². The van der Waals surface area contributed by atoms with E-state index in [1.807, 2.05) is 18.5 Å². The molecule has 1 aliphatic carbocycles. The van der Waals surface area contributed by atoms with E-state index in [0.29, 0.717) is 11.8 Å². The summed E-state index contributed by atoms with van der Waals surface area (Å²) < 4.78 is 0. The van der Waals surface area contributed by atoms with Crippen molar-refractivity contribution in [3.05, 3.63) is 100 Å². The van der Waals surface area contributed by atoms with E-state index in [1.165, 1.54) is 47.9 Å². The summed E-state index contributed by atoms with van der Waals surface area (Å²) in [5.74, 6) is 1.99. The number of nitrogens with zero attached hydrogens (tertiary/aromatic N) is 1. The third-order valence-corrected chi connectivity index (χ3v) is 7.52. The molecule has 0 amide bonds. The fourth-order valence-corrected chi connectivity index (χ4v) is 5.43. The number of pyridine rings is 1. The van der Waals surface area contributed by atoms with Crippen molar-refractivity contribution in [1.82, 2.24) is 4.98 Å². The molecule has 3 aromatic rings. The summed E-state index contributed by atoms with van der Waals surface area (Å²) in [5, 5.41) is 0. The lowest BCUT2D eigenvalue weighted by molar-refractivity contribution is 0.398. The third-order valence-electron chi connectivity index (χ3n) is 7.52. The highest BCUT2D eigenvalue weighted by atomic mass is 14.6. The lowest BCUT2D eigenvalue weighted by Gasteiger charge is -2.28. The van der Waals surface area contributed by atoms with Crippen molar-refractivity contribution in [2.24, 2.45) is 5.92 Å². The summed E-state index contributed by atoms with van der Waals surface area (Å²) in [5.41, 5.74) is 8.98. The summed E-state index contributed by atoms with van der Waals surface area (Å²) >= 11 is 0. The van der Waals surface area contributed by atoms with Crippen LogP contribution in [0.2, 0.25) is 0 Å². The highest BCUT2D eigenvalue weighted by Crippen LogP contribution is 2.35. The normalized spacial score (nSPS) is 17.2. The van der Waals surface area contributed by atoms with Crippen molar-refractivity contribution in [3.63, 3.8) is 0 Å². The van der Waals surface area contributed by atoms with Gasteiger partial charge in [0.15, 0.2) is 0 Å². The highest BCUT2D eigenvalue weighted by molar-refractivity contribution is 5.36. The van der Waals surface area contributed by atoms with Gasteiger partial charge in [0.2, 0.25) is 0 Å². The molecule has 0 N–H and O–H groups in total. The highest BCUT2D eigenvalue weighted by Gasteiger charge is 2.24. The molecule has 1 aliphatic rings. The zero-order valence-corrected chi connectivity index (χ0v) is 20.6. The van der Waals surface area contributed by atoms with Crippen molar-refractivity contribution < 1.29 is 0 Å². The first-order valence-electron chi connectivity index (χ1n) is 12.4. The molecule has 1 aromatic heterocycles. The summed E-state index contributed by atoms with van der Waals surface area (Å²) in [7, 11) is 0. The van der Waals surface area contributed by atoms with Gasteiger partial charge in [0.25, 0.3) is 0 Å². The molecule has 2 atom stereocenters. The van der Waals surface area contributed by atoms with E-state index >= 15 is 0 Å². The van der Waals surface area contributed by atoms with Gasteiger partial charge < -0.3 is 0 Å². The Hall–Kier alpha value is -2.41. The van der Waals surface area contributed by atoms with Crippen molar-refractivity contribution >= 4 is 0 Å². The predicted octanol–water partition coefficient (Wildman–Crippen LogP) is 8.02. The summed E-state index contributed by atoms with van der Waals surface area (Å²) in [6.07, 6.45) is 9.99. The Morgan fingerprint density at radius 2 is 1.78 bits per heavy atom. The van der Waals surface area contributed by atoms with E-state index in [0.717, 1.165) is 12.3 Å². The maximum absolute atomic E-state index is 4.33. The second-order valence-corrected chi connectivity index (χ2v) is 11.0. The molecule has 0 radical (unpaired) electrons. The first kappa shape index (κ1) is 22.8. The van der Waals surface area contributed by atoms with E-state index < -0.39 is 0 Å². The van der Waals surface area contributed by atoms with Gasteiger partial charge in [-0.25, -0.2) is 0 Å². The molecular weight excluding hydrogens is 386 g/mol. The van der Waals surface area contributed by atoms with Crippen LogP contribution in [-0.2, 0) is 24.7 Å². The molecule has 0 spiro atoms. The lowest BCUT2D eigenvalue weighted by Crippen LogP contribution is -2.21. The van der Waals surface area contributed by atoms with Crippen LogP contribution in [0.15, 0.2) is 67.0 Å². The number of aryl methyl sites for hydroxylation is 1. The molecule has 4 rings (SSSR count). The number of rotatable bonds is 7. The average molecular weight is 426 g/mol. The number of hydrogen-bond donors (Lipinski definition) is 0. The van der Waals surface area contributed by atoms with Crippen molar-refractivity contribution in [2.45, 2.75) is 84.0 Å². The predicted molar refractivity (Wildman–Crippen MR) is 136 cm³/mol. The van der Waals surface area contributed by atoms with E-state index in [1.54, 1.807) is 11.1 Å². The smallest absolute Gasteiger partial charge is 0.0305 e. The summed E-state index contributed by atoms with van der Waals surface area (Å²) in [6.45, 7) is 11.7. The molecule has 0 aliphatic heterocycles. The molecule has 0 saturated carbocycles. The Morgan fingerprint density at radius 3 is 2.53 bits per heavy atom. The van der Waals surface area contributed by atoms with Crippen LogP contribution in [-0.4, -0.2) is 4.98 Å². The fraction of sp³-hybridized carbons (Fsp3) is 0.452. The minimum absolute atomic E-state index is 0.0807. The van der Waals surface area contributed by atoms with Gasteiger partial charge in [-0.3, -0.25) is 4.98 Å². The first-order valence-corrected chi connectivity index (χ1v) is 12.4. The molecular formula is C31H39N. The van der Waals surface area contributed by atoms with Gasteiger partial charge in [-0.1, -0.05) is 83.1 Å². The second kappa shape index (κ2) is 9.61. The third kappa shape index (κ3) is 5.31. The quantitative estimate of drug-likeness (QED) is 0.373. The molecule has 2 aromatic carbocycles. The van der Waals surface area contributed by atoms with E-state index in [-0.39, 0.29) is 5.41 Å². The first-order chi connectivity index (χ1) is 15.3. The van der Waals surface area contributed by atoms with Crippen LogP contribution in [0, 0.1) is 5.92 Å². The number of hydrogen-bond acceptors (Lipinski definition) is 1. The number of fused-ring (bicyclic) bond motifs is 1. The minimum atomic E-state index is 0.0807. The topological polar surface area (TPSA) is 12.9 Å². The van der Waals surface area contributed by atoms with Crippen molar-refractivity contribution in [1.29, 1.82) is 0 Å². The monoisotopic (exact) mass is 425 g/mol. The number of benzene rings is 2. The minimum Gasteiger partial charge on any atom is -0.264 e. The van der Waals surface area contributed by atoms with Crippen molar-refractivity contribution in [2.75, 3.05) is 0 Å². The molecule has 1 heteroatoms. The van der Waals surface area contributed by atoms with Crippen LogP contribution in [0.5, 0.6) is 0 Å². The molecule has 32 heavy (non-hydrogen) atoms. The van der Waals surface area contributed by atoms with Gasteiger partial charge in [-0.2, -0.15) is 0 Å². The van der Waals surface area contributed by atoms with E-state index in [9.17, 15) is 0 Å². The maximum atomic E-state index is 4.33. The molecule has 168 valence electrons. The Morgan fingerprint density at radius 1 is 0.938 bits per heavy atom. The molecule has 1 heterocycles.